The summed E-state index contributed by atoms with van der Waals surface area (Å²) in [5.41, 5.74) is -0.435. The van der Waals surface area contributed by atoms with Gasteiger partial charge in [-0.2, -0.15) is 0 Å². The number of ether oxygens (including phenoxy) is 1. The Hall–Kier alpha value is -0.770. The van der Waals surface area contributed by atoms with Crippen molar-refractivity contribution in [2.45, 2.75) is 66.2 Å². The Bertz CT molecular complexity index is 234. The zero-order valence-corrected chi connectivity index (χ0v) is 12.3. The molecule has 0 heterocycles. The first kappa shape index (κ1) is 16.2. The lowest BCUT2D eigenvalue weighted by molar-refractivity contribution is 0.0187. The maximum atomic E-state index is 12.0. The molecule has 0 fully saturated rings. The monoisotopic (exact) mass is 244 g/mol. The topological polar surface area (TPSA) is 41.6 Å². The number of hydrogen-bond acceptors (Lipinski definition) is 3. The van der Waals surface area contributed by atoms with E-state index in [1.807, 2.05) is 34.6 Å². The predicted molar refractivity (Wildman–Crippen MR) is 71.2 cm³/mol. The second kappa shape index (κ2) is 6.84. The van der Waals surface area contributed by atoms with Crippen molar-refractivity contribution in [2.75, 3.05) is 13.1 Å². The average molecular weight is 244 g/mol. The van der Waals surface area contributed by atoms with E-state index in [0.29, 0.717) is 12.6 Å². The molecule has 0 aliphatic rings. The zero-order chi connectivity index (χ0) is 13.6. The molecule has 0 unspecified atom stereocenters. The van der Waals surface area contributed by atoms with E-state index >= 15 is 0 Å². The SMILES string of the molecule is CCN(C(=O)OC(C)(C)C)[C@H](C)CNC(C)C. The molecule has 0 saturated heterocycles. The number of nitrogens with zero attached hydrogens (tertiary/aromatic N) is 1. The van der Waals surface area contributed by atoms with E-state index in [0.717, 1.165) is 6.54 Å². The van der Waals surface area contributed by atoms with Crippen LogP contribution in [-0.2, 0) is 4.74 Å². The molecular formula is C13H28N2O2. The van der Waals surface area contributed by atoms with Crippen LogP contribution < -0.4 is 5.32 Å². The highest BCUT2D eigenvalue weighted by Crippen LogP contribution is 2.11. The van der Waals surface area contributed by atoms with Gasteiger partial charge in [-0.15, -0.1) is 0 Å². The van der Waals surface area contributed by atoms with Gasteiger partial charge in [0.2, 0.25) is 0 Å². The summed E-state index contributed by atoms with van der Waals surface area (Å²) >= 11 is 0. The number of hydrogen-bond donors (Lipinski definition) is 1. The lowest BCUT2D eigenvalue weighted by Gasteiger charge is -2.31. The average Bonchev–Trinajstić information content (AvgIpc) is 2.12. The minimum absolute atomic E-state index is 0.136. The molecule has 0 spiro atoms. The molecule has 0 aliphatic heterocycles. The second-order valence-corrected chi connectivity index (χ2v) is 5.68. The van der Waals surface area contributed by atoms with Crippen molar-refractivity contribution in [2.24, 2.45) is 0 Å². The van der Waals surface area contributed by atoms with Gasteiger partial charge in [0.1, 0.15) is 5.60 Å². The number of nitrogens with one attached hydrogen (secondary N) is 1. The van der Waals surface area contributed by atoms with Crippen molar-refractivity contribution in [3.63, 3.8) is 0 Å². The Labute approximate surface area is 106 Å². The van der Waals surface area contributed by atoms with Gasteiger partial charge in [-0.1, -0.05) is 13.8 Å². The highest BCUT2D eigenvalue weighted by Gasteiger charge is 2.24. The van der Waals surface area contributed by atoms with Gasteiger partial charge in [0.25, 0.3) is 0 Å². The van der Waals surface area contributed by atoms with E-state index in [4.69, 9.17) is 4.74 Å². The molecule has 1 amide bonds. The fraction of sp³-hybridized carbons (Fsp3) is 0.923. The molecule has 102 valence electrons. The fourth-order valence-corrected chi connectivity index (χ4v) is 1.46. The first-order chi connectivity index (χ1) is 7.67. The van der Waals surface area contributed by atoms with Gasteiger partial charge in [0, 0.05) is 25.2 Å². The van der Waals surface area contributed by atoms with Crippen molar-refractivity contribution >= 4 is 6.09 Å². The molecule has 0 aromatic heterocycles. The number of carbonyl (C=O) groups is 1. The van der Waals surface area contributed by atoms with Gasteiger partial charge in [0.15, 0.2) is 0 Å². The minimum atomic E-state index is -0.435. The van der Waals surface area contributed by atoms with Crippen molar-refractivity contribution in [3.8, 4) is 0 Å². The first-order valence-corrected chi connectivity index (χ1v) is 6.40. The third kappa shape index (κ3) is 7.21. The van der Waals surface area contributed by atoms with E-state index in [1.54, 1.807) is 4.90 Å². The summed E-state index contributed by atoms with van der Waals surface area (Å²) in [7, 11) is 0. The van der Waals surface area contributed by atoms with Crippen molar-refractivity contribution in [1.82, 2.24) is 10.2 Å². The summed E-state index contributed by atoms with van der Waals surface area (Å²) in [6.07, 6.45) is -0.238. The summed E-state index contributed by atoms with van der Waals surface area (Å²) in [6.45, 7) is 15.3. The van der Waals surface area contributed by atoms with Gasteiger partial charge >= 0.3 is 6.09 Å². The fourth-order valence-electron chi connectivity index (χ4n) is 1.46. The number of amides is 1. The molecule has 0 saturated carbocycles. The zero-order valence-electron chi connectivity index (χ0n) is 12.3. The third-order valence-electron chi connectivity index (χ3n) is 2.32. The summed E-state index contributed by atoms with van der Waals surface area (Å²) in [4.78, 5) is 13.7. The molecule has 4 heteroatoms. The van der Waals surface area contributed by atoms with Crippen molar-refractivity contribution < 1.29 is 9.53 Å². The van der Waals surface area contributed by atoms with Crippen LogP contribution in [0.25, 0.3) is 0 Å². The minimum Gasteiger partial charge on any atom is -0.444 e. The van der Waals surface area contributed by atoms with E-state index in [1.165, 1.54) is 0 Å². The highest BCUT2D eigenvalue weighted by atomic mass is 16.6. The first-order valence-electron chi connectivity index (χ1n) is 6.40. The Kier molecular flexibility index (Phi) is 6.53. The van der Waals surface area contributed by atoms with Crippen LogP contribution in [0.15, 0.2) is 0 Å². The molecule has 17 heavy (non-hydrogen) atoms. The van der Waals surface area contributed by atoms with Crippen LogP contribution in [0.4, 0.5) is 4.79 Å². The molecule has 0 aromatic carbocycles. The van der Waals surface area contributed by atoms with E-state index in [9.17, 15) is 4.79 Å². The lowest BCUT2D eigenvalue weighted by atomic mass is 10.2. The van der Waals surface area contributed by atoms with Gasteiger partial charge < -0.3 is 15.0 Å². The van der Waals surface area contributed by atoms with Gasteiger partial charge in [0.05, 0.1) is 0 Å². The summed E-state index contributed by atoms with van der Waals surface area (Å²) in [5, 5.41) is 3.33. The molecule has 0 rings (SSSR count). The number of rotatable bonds is 5. The van der Waals surface area contributed by atoms with Crippen molar-refractivity contribution in [3.05, 3.63) is 0 Å². The van der Waals surface area contributed by atoms with Crippen LogP contribution >= 0.6 is 0 Å². The highest BCUT2D eigenvalue weighted by molar-refractivity contribution is 5.68. The molecule has 0 aromatic rings. The van der Waals surface area contributed by atoms with Crippen LogP contribution in [0, 0.1) is 0 Å². The van der Waals surface area contributed by atoms with E-state index < -0.39 is 5.60 Å². The van der Waals surface area contributed by atoms with Crippen LogP contribution in [0.5, 0.6) is 0 Å². The predicted octanol–water partition coefficient (Wildman–Crippen LogP) is 2.63. The van der Waals surface area contributed by atoms with E-state index in [-0.39, 0.29) is 12.1 Å². The second-order valence-electron chi connectivity index (χ2n) is 5.68. The van der Waals surface area contributed by atoms with Gasteiger partial charge in [-0.25, -0.2) is 4.79 Å². The summed E-state index contributed by atoms with van der Waals surface area (Å²) in [6, 6.07) is 0.562. The summed E-state index contributed by atoms with van der Waals surface area (Å²) < 4.78 is 5.38. The Morgan fingerprint density at radius 2 is 1.82 bits per heavy atom. The number of likely N-dealkylation sites (N-methyl/N-ethyl adjacent to an activating group) is 1. The Morgan fingerprint density at radius 3 is 2.18 bits per heavy atom. The van der Waals surface area contributed by atoms with Crippen LogP contribution in [0.1, 0.15) is 48.5 Å². The maximum absolute atomic E-state index is 12.0. The van der Waals surface area contributed by atoms with Gasteiger partial charge in [-0.3, -0.25) is 0 Å². The Morgan fingerprint density at radius 1 is 1.29 bits per heavy atom. The standard InChI is InChI=1S/C13H28N2O2/c1-8-15(11(4)9-14-10(2)3)12(16)17-13(5,6)7/h10-11,14H,8-9H2,1-7H3/t11-/m1/s1. The van der Waals surface area contributed by atoms with Crippen LogP contribution in [0.3, 0.4) is 0 Å². The Balaban J connectivity index is 4.34. The molecule has 0 aliphatic carbocycles. The molecule has 1 atom stereocenters. The van der Waals surface area contributed by atoms with Crippen LogP contribution in [-0.4, -0.2) is 41.8 Å². The normalized spacial score (nSPS) is 13.6. The number of carbonyl (C=O) groups excluding carboxylic acids is 1. The third-order valence-corrected chi connectivity index (χ3v) is 2.32. The summed E-state index contributed by atoms with van der Waals surface area (Å²) in [5.74, 6) is 0. The molecule has 1 N–H and O–H groups in total. The quantitative estimate of drug-likeness (QED) is 0.808. The van der Waals surface area contributed by atoms with E-state index in [2.05, 4.69) is 19.2 Å². The lowest BCUT2D eigenvalue weighted by Crippen LogP contribution is -2.47. The van der Waals surface area contributed by atoms with Crippen LogP contribution in [0.2, 0.25) is 0 Å². The smallest absolute Gasteiger partial charge is 0.410 e. The molecular weight excluding hydrogens is 216 g/mol. The molecule has 0 radical (unpaired) electrons. The molecule has 4 nitrogen and oxygen atoms in total. The van der Waals surface area contributed by atoms with Crippen molar-refractivity contribution in [1.29, 1.82) is 0 Å². The largest absolute Gasteiger partial charge is 0.444 e. The maximum Gasteiger partial charge on any atom is 0.410 e. The van der Waals surface area contributed by atoms with Gasteiger partial charge in [-0.05, 0) is 34.6 Å². The molecule has 0 bridgehead atoms.